The average molecular weight is 226 g/mol. The molecule has 0 unspecified atom stereocenters. The van der Waals surface area contributed by atoms with Crippen molar-refractivity contribution < 1.29 is 9.65 Å². The van der Waals surface area contributed by atoms with Crippen LogP contribution in [-0.4, -0.2) is 10.7 Å². The highest BCUT2D eigenvalue weighted by Crippen LogP contribution is 2.17. The van der Waals surface area contributed by atoms with Crippen LogP contribution in [0, 0.1) is 15.3 Å². The van der Waals surface area contributed by atoms with Crippen LogP contribution < -0.4 is 4.73 Å². The number of hydrogen-bond donors (Lipinski definition) is 1. The molecule has 0 N–H and O–H groups in total. The minimum absolute atomic E-state index is 0.0717. The zero-order chi connectivity index (χ0) is 11.3. The summed E-state index contributed by atoms with van der Waals surface area (Å²) >= 11 is 4.00. The Labute approximate surface area is 92.2 Å². The van der Waals surface area contributed by atoms with Crippen molar-refractivity contribution in [1.82, 2.24) is 0 Å². The van der Waals surface area contributed by atoms with Gasteiger partial charge in [-0.2, -0.15) is 17.4 Å². The highest BCUT2D eigenvalue weighted by molar-refractivity contribution is 7.80. The number of hydrogen-bond acceptors (Lipinski definition) is 4. The Morgan fingerprint density at radius 3 is 2.93 bits per heavy atom. The third-order valence-corrected chi connectivity index (χ3v) is 1.99. The number of nitrogens with zero attached hydrogens (tertiary/aromatic N) is 2. The Hall–Kier alpha value is -1.56. The number of pyridine rings is 1. The molecule has 0 aromatic carbocycles. The molecule has 0 spiro atoms. The molecule has 0 fully saturated rings. The van der Waals surface area contributed by atoms with Crippen LogP contribution in [0.5, 0.6) is 0 Å². The van der Waals surface area contributed by atoms with Crippen molar-refractivity contribution in [2.75, 3.05) is 5.75 Å². The molecule has 5 nitrogen and oxygen atoms in total. The van der Waals surface area contributed by atoms with E-state index in [4.69, 9.17) is 0 Å². The Morgan fingerprint density at radius 1 is 1.60 bits per heavy atom. The van der Waals surface area contributed by atoms with Gasteiger partial charge in [0.2, 0.25) is 0 Å². The molecule has 1 rings (SSSR count). The molecule has 0 radical (unpaired) electrons. The van der Waals surface area contributed by atoms with Gasteiger partial charge in [0.05, 0.1) is 11.0 Å². The van der Waals surface area contributed by atoms with Crippen molar-refractivity contribution in [2.45, 2.75) is 6.42 Å². The van der Waals surface area contributed by atoms with Gasteiger partial charge in [0.15, 0.2) is 12.4 Å². The largest absolute Gasteiger partial charge is 0.619 e. The maximum atomic E-state index is 10.9. The monoisotopic (exact) mass is 226 g/mol. The molecule has 0 aliphatic heterocycles. The molecule has 0 saturated carbocycles. The second-order valence-corrected chi connectivity index (χ2v) is 3.26. The highest BCUT2D eigenvalue weighted by atomic mass is 32.1. The lowest BCUT2D eigenvalue weighted by Crippen LogP contribution is -2.24. The van der Waals surface area contributed by atoms with Gasteiger partial charge in [-0.05, 0) is 18.2 Å². The van der Waals surface area contributed by atoms with Crippen LogP contribution in [-0.2, 0) is 0 Å². The first kappa shape index (κ1) is 11.5. The molecule has 0 bridgehead atoms. The molecule has 1 aromatic rings. The lowest BCUT2D eigenvalue weighted by atomic mass is 10.2. The Morgan fingerprint density at radius 2 is 2.33 bits per heavy atom. The van der Waals surface area contributed by atoms with E-state index in [2.05, 4.69) is 12.6 Å². The minimum Gasteiger partial charge on any atom is -0.619 e. The van der Waals surface area contributed by atoms with Gasteiger partial charge in [0.1, 0.15) is 5.56 Å². The lowest BCUT2D eigenvalue weighted by Gasteiger charge is -1.98. The first-order chi connectivity index (χ1) is 7.15. The molecule has 0 saturated heterocycles. The van der Waals surface area contributed by atoms with Crippen molar-refractivity contribution >= 4 is 24.4 Å². The molecule has 0 atom stereocenters. The summed E-state index contributed by atoms with van der Waals surface area (Å²) in [5.41, 5.74) is 0.233. The summed E-state index contributed by atoms with van der Waals surface area (Å²) in [6.45, 7) is 0. The Bertz CT molecular complexity index is 393. The van der Waals surface area contributed by atoms with E-state index in [9.17, 15) is 15.3 Å². The van der Waals surface area contributed by atoms with Crippen molar-refractivity contribution in [3.8, 4) is 0 Å². The van der Waals surface area contributed by atoms with Gasteiger partial charge in [-0.25, -0.2) is 0 Å². The Balaban J connectivity index is 3.02. The first-order valence-electron chi connectivity index (χ1n) is 4.29. The third kappa shape index (κ3) is 3.25. The van der Waals surface area contributed by atoms with Crippen molar-refractivity contribution in [3.05, 3.63) is 45.4 Å². The molecule has 15 heavy (non-hydrogen) atoms. The van der Waals surface area contributed by atoms with E-state index in [1.165, 1.54) is 12.3 Å². The number of rotatable bonds is 4. The predicted octanol–water partition coefficient (Wildman–Crippen LogP) is 1.56. The summed E-state index contributed by atoms with van der Waals surface area (Å²) in [6, 6.07) is 1.19. The van der Waals surface area contributed by atoms with Crippen LogP contribution in [0.2, 0.25) is 0 Å². The smallest absolute Gasteiger partial charge is 0.288 e. The number of allylic oxidation sites excluding steroid dienone is 1. The van der Waals surface area contributed by atoms with Gasteiger partial charge in [-0.3, -0.25) is 10.1 Å². The van der Waals surface area contributed by atoms with Crippen molar-refractivity contribution in [1.29, 1.82) is 0 Å². The average Bonchev–Trinajstić information content (AvgIpc) is 2.18. The van der Waals surface area contributed by atoms with E-state index in [1.54, 1.807) is 12.2 Å². The summed E-state index contributed by atoms with van der Waals surface area (Å²) < 4.78 is 0.535. The standard InChI is InChI=1S/C9H10N2O3S/c12-10-5-4-9(11(13)14)8(7-10)3-1-2-6-15/h1,3-5,7,15H,2,6H2. The molecular weight excluding hydrogens is 216 g/mol. The van der Waals surface area contributed by atoms with E-state index in [0.717, 1.165) is 6.20 Å². The third-order valence-electron chi connectivity index (χ3n) is 1.73. The van der Waals surface area contributed by atoms with Crippen LogP contribution in [0.1, 0.15) is 12.0 Å². The van der Waals surface area contributed by atoms with Gasteiger partial charge in [-0.15, -0.1) is 0 Å². The zero-order valence-corrected chi connectivity index (χ0v) is 8.76. The van der Waals surface area contributed by atoms with Gasteiger partial charge in [0.25, 0.3) is 5.69 Å². The second-order valence-electron chi connectivity index (χ2n) is 2.82. The van der Waals surface area contributed by atoms with E-state index >= 15 is 0 Å². The van der Waals surface area contributed by atoms with Crippen molar-refractivity contribution in [2.24, 2.45) is 0 Å². The summed E-state index contributed by atoms with van der Waals surface area (Å²) in [5.74, 6) is 0.661. The van der Waals surface area contributed by atoms with E-state index in [-0.39, 0.29) is 5.69 Å². The minimum atomic E-state index is -0.514. The fraction of sp³-hybridized carbons (Fsp3) is 0.222. The number of nitro groups is 1. The normalized spacial score (nSPS) is 10.7. The zero-order valence-electron chi connectivity index (χ0n) is 7.87. The summed E-state index contributed by atoms with van der Waals surface area (Å²) in [7, 11) is 0. The summed E-state index contributed by atoms with van der Waals surface area (Å²) in [6.07, 6.45) is 6.29. The van der Waals surface area contributed by atoms with Crippen LogP contribution in [0.3, 0.4) is 0 Å². The second kappa shape index (κ2) is 5.35. The number of aromatic nitrogens is 1. The SMILES string of the molecule is O=[N+]([O-])c1cc[n+]([O-])cc1C=CCCS. The summed E-state index contributed by atoms with van der Waals surface area (Å²) in [5, 5.41) is 21.6. The molecule has 1 heterocycles. The topological polar surface area (TPSA) is 70.1 Å². The van der Waals surface area contributed by atoms with Crippen LogP contribution in [0.4, 0.5) is 5.69 Å². The molecule has 6 heteroatoms. The predicted molar refractivity (Wildman–Crippen MR) is 59.6 cm³/mol. The van der Waals surface area contributed by atoms with E-state index in [0.29, 0.717) is 22.5 Å². The fourth-order valence-corrected chi connectivity index (χ4v) is 1.22. The van der Waals surface area contributed by atoms with Gasteiger partial charge in [-0.1, -0.05) is 6.08 Å². The van der Waals surface area contributed by atoms with Crippen LogP contribution in [0.15, 0.2) is 24.5 Å². The maximum Gasteiger partial charge on any atom is 0.288 e. The van der Waals surface area contributed by atoms with Crippen LogP contribution >= 0.6 is 12.6 Å². The molecule has 0 amide bonds. The lowest BCUT2D eigenvalue weighted by molar-refractivity contribution is -0.606. The molecule has 80 valence electrons. The fourth-order valence-electron chi connectivity index (χ4n) is 1.07. The molecular formula is C9H10N2O3S. The van der Waals surface area contributed by atoms with Gasteiger partial charge < -0.3 is 5.21 Å². The molecule has 0 aliphatic rings. The highest BCUT2D eigenvalue weighted by Gasteiger charge is 2.13. The van der Waals surface area contributed by atoms with Crippen LogP contribution in [0.25, 0.3) is 6.08 Å². The number of thiol groups is 1. The summed E-state index contributed by atoms with van der Waals surface area (Å²) in [4.78, 5) is 10.1. The Kier molecular flexibility index (Phi) is 4.11. The first-order valence-corrected chi connectivity index (χ1v) is 4.93. The van der Waals surface area contributed by atoms with Crippen molar-refractivity contribution in [3.63, 3.8) is 0 Å². The van der Waals surface area contributed by atoms with E-state index < -0.39 is 4.92 Å². The quantitative estimate of drug-likeness (QED) is 0.278. The molecule has 0 aliphatic carbocycles. The van der Waals surface area contributed by atoms with Gasteiger partial charge >= 0.3 is 0 Å². The molecule has 1 aromatic heterocycles. The van der Waals surface area contributed by atoms with Gasteiger partial charge in [0, 0.05) is 0 Å². The maximum absolute atomic E-state index is 10.9. The van der Waals surface area contributed by atoms with E-state index in [1.807, 2.05) is 0 Å².